The first-order valence-corrected chi connectivity index (χ1v) is 7.33. The van der Waals surface area contributed by atoms with Gasteiger partial charge in [0.05, 0.1) is 0 Å². The highest BCUT2D eigenvalue weighted by molar-refractivity contribution is 5.97. The molecule has 0 bridgehead atoms. The highest BCUT2D eigenvalue weighted by Gasteiger charge is 2.07. The summed E-state index contributed by atoms with van der Waals surface area (Å²) in [5.74, 6) is 0.144. The number of anilines is 1. The molecule has 4 nitrogen and oxygen atoms in total. The van der Waals surface area contributed by atoms with Crippen LogP contribution in [-0.4, -0.2) is 12.5 Å². The first-order valence-electron chi connectivity index (χ1n) is 7.33. The Morgan fingerprint density at radius 3 is 2.52 bits per heavy atom. The first kappa shape index (κ1) is 16.8. The molecule has 0 heterocycles. The van der Waals surface area contributed by atoms with Gasteiger partial charge >= 0.3 is 0 Å². The monoisotopic (exact) mass is 285 g/mol. The second-order valence-corrected chi connectivity index (χ2v) is 5.20. The lowest BCUT2D eigenvalue weighted by atomic mass is 10.0. The Bertz CT molecular complexity index is 524. The van der Waals surface area contributed by atoms with Gasteiger partial charge in [-0.15, -0.1) is 0 Å². The summed E-state index contributed by atoms with van der Waals surface area (Å²) in [7, 11) is 0. The van der Waals surface area contributed by atoms with E-state index in [0.717, 1.165) is 18.5 Å². The zero-order chi connectivity index (χ0) is 15.7. The Kier molecular flexibility index (Phi) is 7.03. The molecule has 1 aromatic carbocycles. The van der Waals surface area contributed by atoms with E-state index in [0.29, 0.717) is 12.5 Å². The number of hydrogen-bond donors (Lipinski definition) is 2. The number of nitrogens with one attached hydrogen (secondary N) is 2. The predicted octanol–water partition coefficient (Wildman–Crippen LogP) is 3.55. The molecule has 4 heteroatoms. The van der Waals surface area contributed by atoms with E-state index in [1.165, 1.54) is 11.8 Å². The number of carbonyl (C=O) groups excluding carboxylic acids is 1. The molecule has 1 aromatic rings. The van der Waals surface area contributed by atoms with Gasteiger partial charge in [-0.3, -0.25) is 4.79 Å². The molecule has 0 aliphatic carbocycles. The fourth-order valence-electron chi connectivity index (χ4n) is 1.74. The molecule has 0 spiro atoms. The predicted molar refractivity (Wildman–Crippen MR) is 85.8 cm³/mol. The Labute approximate surface area is 126 Å². The summed E-state index contributed by atoms with van der Waals surface area (Å²) in [6.07, 6.45) is 3.37. The van der Waals surface area contributed by atoms with E-state index in [9.17, 15) is 4.79 Å². The Hall–Kier alpha value is -2.28. The lowest BCUT2D eigenvalue weighted by Crippen LogP contribution is -2.25. The molecule has 0 saturated heterocycles. The van der Waals surface area contributed by atoms with Crippen molar-refractivity contribution in [3.05, 3.63) is 41.6 Å². The molecule has 112 valence electrons. The maximum absolute atomic E-state index is 11.8. The van der Waals surface area contributed by atoms with E-state index in [1.807, 2.05) is 30.3 Å². The quantitative estimate of drug-likeness (QED) is 0.457. The minimum absolute atomic E-state index is 0.0824. The van der Waals surface area contributed by atoms with Crippen molar-refractivity contribution in [2.45, 2.75) is 39.5 Å². The topological polar surface area (TPSA) is 64.9 Å². The minimum Gasteiger partial charge on any atom is -0.360 e. The highest BCUT2D eigenvalue weighted by Crippen LogP contribution is 2.17. The summed E-state index contributed by atoms with van der Waals surface area (Å²) in [6.45, 7) is 6.92. The molecule has 0 aliphatic rings. The normalized spacial score (nSPS) is 11.1. The van der Waals surface area contributed by atoms with Gasteiger partial charge in [0.2, 0.25) is 0 Å². The molecule has 1 amide bonds. The van der Waals surface area contributed by atoms with Crippen molar-refractivity contribution in [3.63, 3.8) is 0 Å². The van der Waals surface area contributed by atoms with E-state index in [-0.39, 0.29) is 11.5 Å². The zero-order valence-electron chi connectivity index (χ0n) is 12.9. The van der Waals surface area contributed by atoms with Gasteiger partial charge in [-0.1, -0.05) is 39.3 Å². The lowest BCUT2D eigenvalue weighted by molar-refractivity contribution is -0.117. The second kappa shape index (κ2) is 8.80. The van der Waals surface area contributed by atoms with Crippen LogP contribution in [0.2, 0.25) is 0 Å². The van der Waals surface area contributed by atoms with Crippen molar-refractivity contribution in [2.24, 2.45) is 0 Å². The van der Waals surface area contributed by atoms with E-state index in [1.54, 1.807) is 0 Å². The van der Waals surface area contributed by atoms with E-state index in [4.69, 9.17) is 5.26 Å². The van der Waals surface area contributed by atoms with E-state index in [2.05, 4.69) is 31.4 Å². The summed E-state index contributed by atoms with van der Waals surface area (Å²) in [5, 5.41) is 14.7. The van der Waals surface area contributed by atoms with Gasteiger partial charge in [-0.2, -0.15) is 5.26 Å². The fraction of sp³-hybridized carbons (Fsp3) is 0.412. The van der Waals surface area contributed by atoms with E-state index < -0.39 is 0 Å². The maximum Gasteiger partial charge on any atom is 0.263 e. The van der Waals surface area contributed by atoms with Gasteiger partial charge in [0, 0.05) is 18.4 Å². The van der Waals surface area contributed by atoms with Crippen molar-refractivity contribution in [1.82, 2.24) is 5.32 Å². The molecule has 0 aromatic heterocycles. The number of amides is 1. The summed E-state index contributed by atoms with van der Waals surface area (Å²) in [6, 6.07) is 9.87. The lowest BCUT2D eigenvalue weighted by Gasteiger charge is -2.07. The largest absolute Gasteiger partial charge is 0.360 e. The van der Waals surface area contributed by atoms with Crippen LogP contribution in [0.25, 0.3) is 0 Å². The smallest absolute Gasteiger partial charge is 0.263 e. The van der Waals surface area contributed by atoms with Crippen LogP contribution in [0.4, 0.5) is 5.69 Å². The average Bonchev–Trinajstić information content (AvgIpc) is 2.48. The molecule has 0 aliphatic heterocycles. The van der Waals surface area contributed by atoms with Crippen LogP contribution in [0.5, 0.6) is 0 Å². The molecular weight excluding hydrogens is 262 g/mol. The highest BCUT2D eigenvalue weighted by atomic mass is 16.1. The van der Waals surface area contributed by atoms with Gasteiger partial charge < -0.3 is 10.6 Å². The number of hydrogen-bond acceptors (Lipinski definition) is 3. The van der Waals surface area contributed by atoms with Crippen LogP contribution in [0.1, 0.15) is 45.1 Å². The van der Waals surface area contributed by atoms with Gasteiger partial charge in [0.15, 0.2) is 0 Å². The van der Waals surface area contributed by atoms with Gasteiger partial charge in [0.1, 0.15) is 11.6 Å². The number of unbranched alkanes of at least 4 members (excludes halogenated alkanes) is 1. The summed E-state index contributed by atoms with van der Waals surface area (Å²) in [4.78, 5) is 11.8. The number of benzene rings is 1. The second-order valence-electron chi connectivity index (χ2n) is 5.20. The molecule has 0 atom stereocenters. The van der Waals surface area contributed by atoms with Crippen LogP contribution >= 0.6 is 0 Å². The van der Waals surface area contributed by atoms with Crippen LogP contribution in [0.15, 0.2) is 36.0 Å². The fourth-order valence-corrected chi connectivity index (χ4v) is 1.74. The summed E-state index contributed by atoms with van der Waals surface area (Å²) >= 11 is 0. The summed E-state index contributed by atoms with van der Waals surface area (Å²) in [5.41, 5.74) is 2.19. The van der Waals surface area contributed by atoms with Gasteiger partial charge in [-0.25, -0.2) is 0 Å². The molecule has 1 rings (SSSR count). The molecule has 0 fully saturated rings. The zero-order valence-corrected chi connectivity index (χ0v) is 12.9. The van der Waals surface area contributed by atoms with Crippen LogP contribution in [0, 0.1) is 11.3 Å². The third-order valence-electron chi connectivity index (χ3n) is 3.14. The van der Waals surface area contributed by atoms with Gasteiger partial charge in [-0.05, 0) is 30.0 Å². The maximum atomic E-state index is 11.8. The number of nitrogens with zero attached hydrogens (tertiary/aromatic N) is 1. The SMILES string of the molecule is CCCCNC(=O)/C(C#N)=C\Nc1ccc(C(C)C)cc1. The van der Waals surface area contributed by atoms with Crippen molar-refractivity contribution in [3.8, 4) is 6.07 Å². The van der Waals surface area contributed by atoms with Gasteiger partial charge in [0.25, 0.3) is 5.91 Å². The van der Waals surface area contributed by atoms with E-state index >= 15 is 0 Å². The molecule has 0 radical (unpaired) electrons. The van der Waals surface area contributed by atoms with Crippen molar-refractivity contribution < 1.29 is 4.79 Å². The molecule has 21 heavy (non-hydrogen) atoms. The average molecular weight is 285 g/mol. The standard InChI is InChI=1S/C17H23N3O/c1-4-5-10-19-17(21)15(11-18)12-20-16-8-6-14(7-9-16)13(2)3/h6-9,12-13,20H,4-5,10H2,1-3H3,(H,19,21)/b15-12-. The van der Waals surface area contributed by atoms with Crippen LogP contribution in [0.3, 0.4) is 0 Å². The molecule has 0 saturated carbocycles. The van der Waals surface area contributed by atoms with Crippen molar-refractivity contribution >= 4 is 11.6 Å². The third kappa shape index (κ3) is 5.70. The third-order valence-corrected chi connectivity index (χ3v) is 3.14. The minimum atomic E-state index is -0.336. The summed E-state index contributed by atoms with van der Waals surface area (Å²) < 4.78 is 0. The molecular formula is C17H23N3O. The van der Waals surface area contributed by atoms with Crippen LogP contribution in [-0.2, 0) is 4.79 Å². The van der Waals surface area contributed by atoms with Crippen molar-refractivity contribution in [2.75, 3.05) is 11.9 Å². The van der Waals surface area contributed by atoms with Crippen LogP contribution < -0.4 is 10.6 Å². The Morgan fingerprint density at radius 1 is 1.33 bits per heavy atom. The number of rotatable bonds is 7. The first-order chi connectivity index (χ1) is 10.1. The van der Waals surface area contributed by atoms with Crippen molar-refractivity contribution in [1.29, 1.82) is 5.26 Å². The Balaban J connectivity index is 2.63. The Morgan fingerprint density at radius 2 is 2.00 bits per heavy atom. The molecule has 2 N–H and O–H groups in total. The number of nitriles is 1. The molecule has 0 unspecified atom stereocenters. The number of carbonyl (C=O) groups is 1.